The van der Waals surface area contributed by atoms with Crippen molar-refractivity contribution < 1.29 is 9.90 Å². The molecule has 5 nitrogen and oxygen atoms in total. The molecule has 0 spiro atoms. The molecule has 13 heavy (non-hydrogen) atoms. The Bertz CT molecular complexity index is 360. The van der Waals surface area contributed by atoms with Gasteiger partial charge in [0.1, 0.15) is 5.41 Å². The van der Waals surface area contributed by atoms with Crippen LogP contribution in [0.5, 0.6) is 0 Å². The number of aliphatic carboxylic acids is 1. The van der Waals surface area contributed by atoms with Crippen LogP contribution in [-0.2, 0) is 10.2 Å². The summed E-state index contributed by atoms with van der Waals surface area (Å²) in [5.74, 6) is -0.698. The maximum Gasteiger partial charge on any atom is 0.315 e. The molecule has 0 aromatic carbocycles. The van der Waals surface area contributed by atoms with Gasteiger partial charge in [-0.15, -0.1) is 0 Å². The Morgan fingerprint density at radius 2 is 2.31 bits per heavy atom. The van der Waals surface area contributed by atoms with Gasteiger partial charge in [-0.2, -0.15) is 0 Å². The molecule has 5 heteroatoms. The molecule has 0 radical (unpaired) electrons. The number of nitrogens with two attached hydrogens (primary N) is 1. The van der Waals surface area contributed by atoms with Crippen LogP contribution in [0.1, 0.15) is 18.5 Å². The van der Waals surface area contributed by atoms with Crippen molar-refractivity contribution in [2.45, 2.75) is 18.3 Å². The van der Waals surface area contributed by atoms with Crippen molar-refractivity contribution in [3.8, 4) is 0 Å². The minimum absolute atomic E-state index is 0.130. The SMILES string of the molecule is Nc1nccc(C2(C(=O)O)CC2)n1. The zero-order valence-corrected chi connectivity index (χ0v) is 6.90. The molecule has 1 aliphatic carbocycles. The summed E-state index contributed by atoms with van der Waals surface area (Å²) in [6, 6.07) is 1.61. The Morgan fingerprint density at radius 3 is 2.77 bits per heavy atom. The van der Waals surface area contributed by atoms with Crippen molar-refractivity contribution in [2.24, 2.45) is 0 Å². The Morgan fingerprint density at radius 1 is 1.62 bits per heavy atom. The topological polar surface area (TPSA) is 89.1 Å². The van der Waals surface area contributed by atoms with Gasteiger partial charge < -0.3 is 10.8 Å². The molecule has 2 rings (SSSR count). The predicted molar refractivity (Wildman–Crippen MR) is 45.0 cm³/mol. The second-order valence-corrected chi connectivity index (χ2v) is 3.19. The van der Waals surface area contributed by atoms with Crippen LogP contribution in [0.25, 0.3) is 0 Å². The van der Waals surface area contributed by atoms with E-state index in [0.717, 1.165) is 0 Å². The van der Waals surface area contributed by atoms with Gasteiger partial charge in [-0.3, -0.25) is 4.79 Å². The number of carbonyl (C=O) groups is 1. The van der Waals surface area contributed by atoms with Crippen molar-refractivity contribution in [2.75, 3.05) is 5.73 Å². The van der Waals surface area contributed by atoms with E-state index in [4.69, 9.17) is 10.8 Å². The third kappa shape index (κ3) is 1.12. The van der Waals surface area contributed by atoms with Gasteiger partial charge >= 0.3 is 5.97 Å². The molecule has 0 aliphatic heterocycles. The van der Waals surface area contributed by atoms with Gasteiger partial charge in [0.25, 0.3) is 0 Å². The van der Waals surface area contributed by atoms with Crippen LogP contribution in [0.3, 0.4) is 0 Å². The predicted octanol–water partition coefficient (Wildman–Crippen LogP) is 0.175. The van der Waals surface area contributed by atoms with E-state index in [1.54, 1.807) is 6.07 Å². The van der Waals surface area contributed by atoms with Crippen molar-refractivity contribution in [3.05, 3.63) is 18.0 Å². The third-order valence-corrected chi connectivity index (χ3v) is 2.32. The first kappa shape index (κ1) is 7.97. The molecule has 1 aromatic heterocycles. The van der Waals surface area contributed by atoms with Crippen molar-refractivity contribution in [1.29, 1.82) is 0 Å². The first-order valence-corrected chi connectivity index (χ1v) is 3.97. The molecule has 0 bridgehead atoms. The minimum atomic E-state index is -0.828. The minimum Gasteiger partial charge on any atom is -0.481 e. The number of carboxylic acids is 1. The van der Waals surface area contributed by atoms with Crippen LogP contribution in [0.4, 0.5) is 5.95 Å². The third-order valence-electron chi connectivity index (χ3n) is 2.32. The molecule has 0 saturated heterocycles. The van der Waals surface area contributed by atoms with Gasteiger partial charge in [-0.1, -0.05) is 0 Å². The molecular weight excluding hydrogens is 170 g/mol. The average molecular weight is 179 g/mol. The summed E-state index contributed by atoms with van der Waals surface area (Å²) in [6.45, 7) is 0. The lowest BCUT2D eigenvalue weighted by Crippen LogP contribution is -2.21. The van der Waals surface area contributed by atoms with Crippen LogP contribution in [0.2, 0.25) is 0 Å². The molecule has 0 unspecified atom stereocenters. The highest BCUT2D eigenvalue weighted by Crippen LogP contribution is 2.47. The highest BCUT2D eigenvalue weighted by Gasteiger charge is 2.53. The zero-order valence-electron chi connectivity index (χ0n) is 6.90. The van der Waals surface area contributed by atoms with Crippen molar-refractivity contribution >= 4 is 11.9 Å². The fraction of sp³-hybridized carbons (Fsp3) is 0.375. The molecule has 68 valence electrons. The van der Waals surface area contributed by atoms with Gasteiger partial charge in [-0.05, 0) is 18.9 Å². The second kappa shape index (κ2) is 2.42. The first-order chi connectivity index (χ1) is 6.15. The monoisotopic (exact) mass is 179 g/mol. The van der Waals surface area contributed by atoms with E-state index in [2.05, 4.69) is 9.97 Å². The van der Waals surface area contributed by atoms with Crippen LogP contribution >= 0.6 is 0 Å². The summed E-state index contributed by atoms with van der Waals surface area (Å²) < 4.78 is 0. The van der Waals surface area contributed by atoms with E-state index in [1.807, 2.05) is 0 Å². The Labute approximate surface area is 74.6 Å². The number of nitrogens with zero attached hydrogens (tertiary/aromatic N) is 2. The van der Waals surface area contributed by atoms with E-state index in [1.165, 1.54) is 6.20 Å². The van der Waals surface area contributed by atoms with Gasteiger partial charge in [0, 0.05) is 6.20 Å². The van der Waals surface area contributed by atoms with E-state index < -0.39 is 11.4 Å². The lowest BCUT2D eigenvalue weighted by molar-refractivity contribution is -0.140. The van der Waals surface area contributed by atoms with Gasteiger partial charge in [0.15, 0.2) is 0 Å². The van der Waals surface area contributed by atoms with E-state index >= 15 is 0 Å². The number of hydrogen-bond acceptors (Lipinski definition) is 4. The van der Waals surface area contributed by atoms with Crippen molar-refractivity contribution in [3.63, 3.8) is 0 Å². The maximum atomic E-state index is 10.9. The summed E-state index contributed by atoms with van der Waals surface area (Å²) in [6.07, 6.45) is 2.76. The first-order valence-electron chi connectivity index (χ1n) is 3.97. The number of carboxylic acid groups (broad SMARTS) is 1. The summed E-state index contributed by atoms with van der Waals surface area (Å²) in [5.41, 5.74) is 5.11. The zero-order chi connectivity index (χ0) is 9.47. The Kier molecular flexibility index (Phi) is 1.48. The number of aromatic nitrogens is 2. The van der Waals surface area contributed by atoms with Gasteiger partial charge in [0.2, 0.25) is 5.95 Å². The molecule has 1 heterocycles. The molecule has 0 amide bonds. The normalized spacial score (nSPS) is 18.2. The second-order valence-electron chi connectivity index (χ2n) is 3.19. The number of hydrogen-bond donors (Lipinski definition) is 2. The summed E-state index contributed by atoms with van der Waals surface area (Å²) in [4.78, 5) is 18.5. The van der Waals surface area contributed by atoms with Crippen LogP contribution in [0, 0.1) is 0 Å². The molecule has 3 N–H and O–H groups in total. The summed E-state index contributed by atoms with van der Waals surface area (Å²) >= 11 is 0. The smallest absolute Gasteiger partial charge is 0.315 e. The van der Waals surface area contributed by atoms with Crippen molar-refractivity contribution in [1.82, 2.24) is 9.97 Å². The number of rotatable bonds is 2. The fourth-order valence-electron chi connectivity index (χ4n) is 1.34. The maximum absolute atomic E-state index is 10.9. The largest absolute Gasteiger partial charge is 0.481 e. The molecule has 1 aliphatic rings. The van der Waals surface area contributed by atoms with Crippen LogP contribution < -0.4 is 5.73 Å². The van der Waals surface area contributed by atoms with E-state index in [9.17, 15) is 4.79 Å². The summed E-state index contributed by atoms with van der Waals surface area (Å²) in [7, 11) is 0. The van der Waals surface area contributed by atoms with Crippen LogP contribution in [0.15, 0.2) is 12.3 Å². The molecule has 1 saturated carbocycles. The van der Waals surface area contributed by atoms with E-state index in [0.29, 0.717) is 18.5 Å². The van der Waals surface area contributed by atoms with Gasteiger partial charge in [0.05, 0.1) is 5.69 Å². The lowest BCUT2D eigenvalue weighted by Gasteiger charge is -2.07. The van der Waals surface area contributed by atoms with Crippen LogP contribution in [-0.4, -0.2) is 21.0 Å². The van der Waals surface area contributed by atoms with Gasteiger partial charge in [-0.25, -0.2) is 9.97 Å². The standard InChI is InChI=1S/C8H9N3O2/c9-7-10-4-1-5(11-7)8(2-3-8)6(12)13/h1,4H,2-3H2,(H,12,13)(H2,9,10,11). The molecular formula is C8H9N3O2. The molecule has 1 aromatic rings. The Balaban J connectivity index is 2.41. The fourth-order valence-corrected chi connectivity index (χ4v) is 1.34. The molecule has 0 atom stereocenters. The average Bonchev–Trinajstić information content (AvgIpc) is 2.83. The highest BCUT2D eigenvalue weighted by atomic mass is 16.4. The molecule has 1 fully saturated rings. The Hall–Kier alpha value is -1.65. The summed E-state index contributed by atoms with van der Waals surface area (Å²) in [5, 5.41) is 8.95. The lowest BCUT2D eigenvalue weighted by atomic mass is 10.0. The number of anilines is 1. The number of nitrogen functional groups attached to an aromatic ring is 1. The van der Waals surface area contributed by atoms with E-state index in [-0.39, 0.29) is 5.95 Å². The highest BCUT2D eigenvalue weighted by molar-refractivity contribution is 5.84. The quantitative estimate of drug-likeness (QED) is 0.675.